The Hall–Kier alpha value is -2.67. The van der Waals surface area contributed by atoms with Gasteiger partial charge < -0.3 is 14.8 Å². The van der Waals surface area contributed by atoms with E-state index in [0.717, 1.165) is 17.7 Å². The topological polar surface area (TPSA) is 81.7 Å². The third-order valence-corrected chi connectivity index (χ3v) is 4.93. The van der Waals surface area contributed by atoms with Crippen molar-refractivity contribution in [2.75, 3.05) is 19.4 Å². The molecule has 0 saturated carbocycles. The molecule has 3 rings (SSSR count). The fraction of sp³-hybridized carbons (Fsp3) is 0.263. The lowest BCUT2D eigenvalue weighted by atomic mass is 10.1. The van der Waals surface area contributed by atoms with Crippen molar-refractivity contribution in [3.8, 4) is 5.75 Å². The van der Waals surface area contributed by atoms with Gasteiger partial charge in [0.1, 0.15) is 11.9 Å². The minimum atomic E-state index is -1.11. The Morgan fingerprint density at radius 1 is 1.19 bits per heavy atom. The van der Waals surface area contributed by atoms with Gasteiger partial charge in [0, 0.05) is 28.4 Å². The zero-order chi connectivity index (χ0) is 18.5. The molecule has 2 aromatic carbocycles. The highest BCUT2D eigenvalue weighted by molar-refractivity contribution is 7.84. The van der Waals surface area contributed by atoms with Gasteiger partial charge >= 0.3 is 5.97 Å². The molecular weight excluding hydrogens is 354 g/mol. The molecule has 0 aromatic heterocycles. The van der Waals surface area contributed by atoms with Crippen LogP contribution in [0.3, 0.4) is 0 Å². The SMILES string of the molecule is C[S@](=O)c1ccc(C(=O)OCC(=O)NC[C@@H]2Cc3ccccc3O2)cc1. The second kappa shape index (κ2) is 8.14. The molecular formula is C19H19NO5S. The molecule has 1 aliphatic heterocycles. The summed E-state index contributed by atoms with van der Waals surface area (Å²) in [6, 6.07) is 14.0. The number of amides is 1. The summed E-state index contributed by atoms with van der Waals surface area (Å²) in [6.07, 6.45) is 2.18. The molecule has 2 aromatic rings. The number of hydrogen-bond acceptors (Lipinski definition) is 5. The first-order chi connectivity index (χ1) is 12.5. The number of fused-ring (bicyclic) bond motifs is 1. The van der Waals surface area contributed by atoms with Gasteiger partial charge in [0.05, 0.1) is 12.1 Å². The average Bonchev–Trinajstić information content (AvgIpc) is 3.07. The molecule has 0 unspecified atom stereocenters. The van der Waals surface area contributed by atoms with E-state index in [2.05, 4.69) is 5.32 Å². The number of hydrogen-bond donors (Lipinski definition) is 1. The first-order valence-electron chi connectivity index (χ1n) is 8.15. The Balaban J connectivity index is 1.41. The Labute approximate surface area is 154 Å². The number of carbonyl (C=O) groups is 2. The van der Waals surface area contributed by atoms with Crippen molar-refractivity contribution in [1.29, 1.82) is 0 Å². The Morgan fingerprint density at radius 2 is 1.92 bits per heavy atom. The molecule has 7 heteroatoms. The Morgan fingerprint density at radius 3 is 2.62 bits per heavy atom. The van der Waals surface area contributed by atoms with Gasteiger partial charge in [-0.25, -0.2) is 4.79 Å². The zero-order valence-corrected chi connectivity index (χ0v) is 15.1. The maximum absolute atomic E-state index is 11.9. The summed E-state index contributed by atoms with van der Waals surface area (Å²) in [5.41, 5.74) is 1.43. The number of esters is 1. The largest absolute Gasteiger partial charge is 0.488 e. The highest BCUT2D eigenvalue weighted by Crippen LogP contribution is 2.27. The number of benzene rings is 2. The van der Waals surface area contributed by atoms with Crippen molar-refractivity contribution in [2.24, 2.45) is 0 Å². The summed E-state index contributed by atoms with van der Waals surface area (Å²) >= 11 is 0. The van der Waals surface area contributed by atoms with Crippen molar-refractivity contribution in [3.05, 3.63) is 59.7 Å². The molecule has 0 fully saturated rings. The van der Waals surface area contributed by atoms with E-state index in [1.165, 1.54) is 12.1 Å². The number of rotatable bonds is 6. The molecule has 2 atom stereocenters. The fourth-order valence-electron chi connectivity index (χ4n) is 2.64. The lowest BCUT2D eigenvalue weighted by molar-refractivity contribution is -0.124. The van der Waals surface area contributed by atoms with Gasteiger partial charge in [-0.1, -0.05) is 18.2 Å². The van der Waals surface area contributed by atoms with Gasteiger partial charge in [0.2, 0.25) is 0 Å². The van der Waals surface area contributed by atoms with Crippen LogP contribution in [0.1, 0.15) is 15.9 Å². The second-order valence-corrected chi connectivity index (χ2v) is 7.29. The normalized spacial score (nSPS) is 16.3. The van der Waals surface area contributed by atoms with Gasteiger partial charge in [0.25, 0.3) is 5.91 Å². The lowest BCUT2D eigenvalue weighted by Gasteiger charge is -2.12. The van der Waals surface area contributed by atoms with Crippen LogP contribution in [0.4, 0.5) is 0 Å². The van der Waals surface area contributed by atoms with Crippen LogP contribution in [0.25, 0.3) is 0 Å². The van der Waals surface area contributed by atoms with Gasteiger partial charge in [-0.15, -0.1) is 0 Å². The molecule has 26 heavy (non-hydrogen) atoms. The van der Waals surface area contributed by atoms with Gasteiger partial charge in [-0.2, -0.15) is 0 Å². The van der Waals surface area contributed by atoms with E-state index in [1.807, 2.05) is 24.3 Å². The number of nitrogens with one attached hydrogen (secondary N) is 1. The van der Waals surface area contributed by atoms with E-state index < -0.39 is 16.8 Å². The van der Waals surface area contributed by atoms with Crippen LogP contribution in [-0.4, -0.2) is 41.6 Å². The van der Waals surface area contributed by atoms with E-state index in [9.17, 15) is 13.8 Å². The maximum atomic E-state index is 11.9. The molecule has 1 amide bonds. The first-order valence-corrected chi connectivity index (χ1v) is 9.70. The third kappa shape index (κ3) is 4.49. The minimum absolute atomic E-state index is 0.116. The minimum Gasteiger partial charge on any atom is -0.488 e. The van der Waals surface area contributed by atoms with E-state index >= 15 is 0 Å². The van der Waals surface area contributed by atoms with Gasteiger partial charge in [-0.3, -0.25) is 9.00 Å². The van der Waals surface area contributed by atoms with Crippen LogP contribution in [-0.2, 0) is 26.8 Å². The number of para-hydroxylation sites is 1. The van der Waals surface area contributed by atoms with Crippen molar-refractivity contribution < 1.29 is 23.3 Å². The summed E-state index contributed by atoms with van der Waals surface area (Å²) < 4.78 is 22.1. The van der Waals surface area contributed by atoms with Crippen LogP contribution in [0.2, 0.25) is 0 Å². The number of ether oxygens (including phenoxy) is 2. The predicted molar refractivity (Wildman–Crippen MR) is 96.6 cm³/mol. The zero-order valence-electron chi connectivity index (χ0n) is 14.3. The van der Waals surface area contributed by atoms with E-state index in [0.29, 0.717) is 17.0 Å². The molecule has 0 bridgehead atoms. The van der Waals surface area contributed by atoms with Crippen LogP contribution in [0.15, 0.2) is 53.4 Å². The van der Waals surface area contributed by atoms with Crippen LogP contribution in [0, 0.1) is 0 Å². The van der Waals surface area contributed by atoms with Crippen LogP contribution < -0.4 is 10.1 Å². The predicted octanol–water partition coefficient (Wildman–Crippen LogP) is 1.70. The molecule has 0 aliphatic carbocycles. The highest BCUT2D eigenvalue weighted by atomic mass is 32.2. The summed E-state index contributed by atoms with van der Waals surface area (Å²) in [7, 11) is -1.11. The maximum Gasteiger partial charge on any atom is 0.338 e. The monoisotopic (exact) mass is 373 g/mol. The molecule has 136 valence electrons. The van der Waals surface area contributed by atoms with Crippen molar-refractivity contribution in [1.82, 2.24) is 5.32 Å². The van der Waals surface area contributed by atoms with Crippen LogP contribution >= 0.6 is 0 Å². The second-order valence-electron chi connectivity index (χ2n) is 5.91. The highest BCUT2D eigenvalue weighted by Gasteiger charge is 2.22. The summed E-state index contributed by atoms with van der Waals surface area (Å²) in [4.78, 5) is 24.4. The summed E-state index contributed by atoms with van der Waals surface area (Å²) in [5, 5.41) is 2.71. The van der Waals surface area contributed by atoms with Crippen molar-refractivity contribution >= 4 is 22.7 Å². The molecule has 1 heterocycles. The Bertz CT molecular complexity index is 809. The smallest absolute Gasteiger partial charge is 0.338 e. The number of carbonyl (C=O) groups excluding carboxylic acids is 2. The lowest BCUT2D eigenvalue weighted by Crippen LogP contribution is -2.36. The fourth-order valence-corrected chi connectivity index (χ4v) is 3.16. The summed E-state index contributed by atoms with van der Waals surface area (Å²) in [6.45, 7) is -0.0119. The molecule has 6 nitrogen and oxygen atoms in total. The van der Waals surface area contributed by atoms with E-state index in [-0.39, 0.29) is 18.6 Å². The van der Waals surface area contributed by atoms with E-state index in [4.69, 9.17) is 9.47 Å². The molecule has 0 radical (unpaired) electrons. The van der Waals surface area contributed by atoms with Crippen LogP contribution in [0.5, 0.6) is 5.75 Å². The standard InChI is InChI=1S/C19H19NO5S/c1-26(23)16-8-6-13(7-9-16)19(22)24-12-18(21)20-11-15-10-14-4-2-3-5-17(14)25-15/h2-9,15H,10-12H2,1H3,(H,20,21)/t15-,26-/m0/s1. The summed E-state index contributed by atoms with van der Waals surface area (Å²) in [5.74, 6) is -0.142. The Kier molecular flexibility index (Phi) is 5.68. The molecule has 1 aliphatic rings. The van der Waals surface area contributed by atoms with Gasteiger partial charge in [0.15, 0.2) is 6.61 Å². The molecule has 0 spiro atoms. The van der Waals surface area contributed by atoms with Gasteiger partial charge in [-0.05, 0) is 35.9 Å². The average molecular weight is 373 g/mol. The quantitative estimate of drug-likeness (QED) is 0.780. The third-order valence-electron chi connectivity index (χ3n) is 4.00. The van der Waals surface area contributed by atoms with E-state index in [1.54, 1.807) is 18.4 Å². The molecule has 1 N–H and O–H groups in total. The molecule has 0 saturated heterocycles. The first kappa shape index (κ1) is 18.1. The van der Waals surface area contributed by atoms with Crippen molar-refractivity contribution in [3.63, 3.8) is 0 Å². The van der Waals surface area contributed by atoms with Crippen molar-refractivity contribution in [2.45, 2.75) is 17.4 Å².